The van der Waals surface area contributed by atoms with Crippen molar-refractivity contribution in [3.63, 3.8) is 0 Å². The normalized spacial score (nSPS) is 12.7. The average molecular weight is 216 g/mol. The van der Waals surface area contributed by atoms with Gasteiger partial charge in [-0.3, -0.25) is 4.79 Å². The fourth-order valence-electron chi connectivity index (χ4n) is 1.44. The van der Waals surface area contributed by atoms with E-state index in [0.29, 0.717) is 12.5 Å². The monoisotopic (exact) mass is 216 g/mol. The summed E-state index contributed by atoms with van der Waals surface area (Å²) in [5.74, 6) is 0.614. The van der Waals surface area contributed by atoms with Crippen molar-refractivity contribution in [1.29, 1.82) is 0 Å². The molecule has 0 spiro atoms. The molecule has 0 saturated heterocycles. The zero-order chi connectivity index (χ0) is 11.5. The topological polar surface area (TPSA) is 35.5 Å². The van der Waals surface area contributed by atoms with Gasteiger partial charge in [-0.05, 0) is 12.3 Å². The van der Waals surface area contributed by atoms with Gasteiger partial charge in [-0.15, -0.1) is 0 Å². The van der Waals surface area contributed by atoms with Crippen LogP contribution in [0.5, 0.6) is 0 Å². The average Bonchev–Trinajstić information content (AvgIpc) is 2.23. The highest BCUT2D eigenvalue weighted by atomic mass is 16.5. The number of unbranched alkanes of at least 4 members (excludes halogenated alkanes) is 1. The summed E-state index contributed by atoms with van der Waals surface area (Å²) < 4.78 is 10.1. The summed E-state index contributed by atoms with van der Waals surface area (Å²) in [5, 5.41) is 0. The lowest BCUT2D eigenvalue weighted by atomic mass is 10.0. The molecule has 0 bridgehead atoms. The summed E-state index contributed by atoms with van der Waals surface area (Å²) >= 11 is 0. The van der Waals surface area contributed by atoms with Crippen LogP contribution in [0.25, 0.3) is 0 Å². The van der Waals surface area contributed by atoms with E-state index in [-0.39, 0.29) is 19.0 Å². The summed E-state index contributed by atoms with van der Waals surface area (Å²) in [7, 11) is 1.52. The maximum Gasteiger partial charge on any atom is 0.183 e. The van der Waals surface area contributed by atoms with Gasteiger partial charge in [-0.25, -0.2) is 0 Å². The highest BCUT2D eigenvalue weighted by Gasteiger charge is 2.07. The summed E-state index contributed by atoms with van der Waals surface area (Å²) in [4.78, 5) is 11.1. The Hall–Kier alpha value is -0.410. The Balaban J connectivity index is 3.49. The van der Waals surface area contributed by atoms with E-state index in [9.17, 15) is 4.79 Å². The molecule has 15 heavy (non-hydrogen) atoms. The molecule has 0 radical (unpaired) electrons. The molecule has 0 rings (SSSR count). The second kappa shape index (κ2) is 10.1. The molecule has 0 aromatic heterocycles. The van der Waals surface area contributed by atoms with Crippen molar-refractivity contribution in [2.24, 2.45) is 5.92 Å². The number of hydrogen-bond donors (Lipinski definition) is 0. The van der Waals surface area contributed by atoms with Crippen molar-refractivity contribution < 1.29 is 14.3 Å². The third-order valence-electron chi connectivity index (χ3n) is 2.47. The van der Waals surface area contributed by atoms with Crippen LogP contribution in [-0.2, 0) is 14.3 Å². The fourth-order valence-corrected chi connectivity index (χ4v) is 1.44. The third-order valence-corrected chi connectivity index (χ3v) is 2.47. The van der Waals surface area contributed by atoms with E-state index in [1.165, 1.54) is 26.4 Å². The molecule has 0 aliphatic rings. The first-order valence-electron chi connectivity index (χ1n) is 5.82. The van der Waals surface area contributed by atoms with E-state index in [4.69, 9.17) is 9.47 Å². The molecule has 0 aromatic carbocycles. The van der Waals surface area contributed by atoms with Crippen LogP contribution in [0, 0.1) is 5.92 Å². The Morgan fingerprint density at radius 3 is 2.53 bits per heavy atom. The van der Waals surface area contributed by atoms with Gasteiger partial charge in [-0.2, -0.15) is 0 Å². The molecular weight excluding hydrogens is 192 g/mol. The van der Waals surface area contributed by atoms with Crippen LogP contribution in [0.15, 0.2) is 0 Å². The van der Waals surface area contributed by atoms with Crippen LogP contribution < -0.4 is 0 Å². The molecule has 0 saturated carbocycles. The smallest absolute Gasteiger partial charge is 0.183 e. The van der Waals surface area contributed by atoms with Gasteiger partial charge in [0.15, 0.2) is 5.78 Å². The van der Waals surface area contributed by atoms with Gasteiger partial charge in [0.2, 0.25) is 0 Å². The number of ether oxygens (including phenoxy) is 2. The quantitative estimate of drug-likeness (QED) is 0.562. The molecule has 0 fully saturated rings. The molecule has 0 aromatic rings. The Labute approximate surface area is 93.1 Å². The zero-order valence-electron chi connectivity index (χ0n) is 10.3. The second-order valence-electron chi connectivity index (χ2n) is 3.90. The van der Waals surface area contributed by atoms with Crippen LogP contribution in [0.2, 0.25) is 0 Å². The van der Waals surface area contributed by atoms with Gasteiger partial charge >= 0.3 is 0 Å². The molecule has 0 aliphatic carbocycles. The van der Waals surface area contributed by atoms with E-state index in [2.05, 4.69) is 13.8 Å². The van der Waals surface area contributed by atoms with E-state index in [1.54, 1.807) is 0 Å². The lowest BCUT2D eigenvalue weighted by Gasteiger charge is -2.14. The predicted octanol–water partition coefficient (Wildman–Crippen LogP) is 2.43. The van der Waals surface area contributed by atoms with Gasteiger partial charge in [0.1, 0.15) is 13.2 Å². The molecule has 1 unspecified atom stereocenters. The van der Waals surface area contributed by atoms with Crippen LogP contribution in [-0.4, -0.2) is 32.7 Å². The van der Waals surface area contributed by atoms with E-state index in [1.807, 2.05) is 0 Å². The van der Waals surface area contributed by atoms with Gasteiger partial charge in [-0.1, -0.05) is 33.1 Å². The zero-order valence-corrected chi connectivity index (χ0v) is 10.3. The minimum absolute atomic E-state index is 0.0165. The minimum atomic E-state index is 0.0165. The number of rotatable bonds is 10. The van der Waals surface area contributed by atoms with Gasteiger partial charge in [0, 0.05) is 13.7 Å². The highest BCUT2D eigenvalue weighted by Crippen LogP contribution is 2.12. The number of carbonyl (C=O) groups excluding carboxylic acids is 1. The molecule has 90 valence electrons. The summed E-state index contributed by atoms with van der Waals surface area (Å²) in [6, 6.07) is 0. The van der Waals surface area contributed by atoms with Crippen molar-refractivity contribution >= 4 is 5.78 Å². The number of ketones is 1. The number of carbonyl (C=O) groups is 1. The fraction of sp³-hybridized carbons (Fsp3) is 0.917. The van der Waals surface area contributed by atoms with Crippen LogP contribution in [0.1, 0.15) is 39.5 Å². The Bertz CT molecular complexity index is 157. The Morgan fingerprint density at radius 2 is 2.00 bits per heavy atom. The molecule has 3 heteroatoms. The van der Waals surface area contributed by atoms with Gasteiger partial charge in [0.25, 0.3) is 0 Å². The molecule has 0 amide bonds. The Morgan fingerprint density at radius 1 is 1.27 bits per heavy atom. The predicted molar refractivity (Wildman–Crippen MR) is 61.0 cm³/mol. The molecule has 3 nitrogen and oxygen atoms in total. The van der Waals surface area contributed by atoms with E-state index >= 15 is 0 Å². The van der Waals surface area contributed by atoms with Crippen molar-refractivity contribution in [1.82, 2.24) is 0 Å². The molecule has 0 heterocycles. The maximum atomic E-state index is 11.1. The summed E-state index contributed by atoms with van der Waals surface area (Å²) in [5.41, 5.74) is 0. The first kappa shape index (κ1) is 14.6. The summed E-state index contributed by atoms with van der Waals surface area (Å²) in [6.45, 7) is 5.41. The van der Waals surface area contributed by atoms with Crippen LogP contribution >= 0.6 is 0 Å². The number of Topliss-reactive ketones (excluding diaryl/α,β-unsaturated/α-hetero) is 1. The maximum absolute atomic E-state index is 11.1. The lowest BCUT2D eigenvalue weighted by Crippen LogP contribution is -2.17. The van der Waals surface area contributed by atoms with Crippen molar-refractivity contribution in [2.45, 2.75) is 39.5 Å². The molecule has 0 aliphatic heterocycles. The van der Waals surface area contributed by atoms with Gasteiger partial charge in [0.05, 0.1) is 0 Å². The SMILES string of the molecule is CCCCC(CC)COCC(=O)COC. The van der Waals surface area contributed by atoms with E-state index < -0.39 is 0 Å². The number of methoxy groups -OCH3 is 1. The van der Waals surface area contributed by atoms with Crippen molar-refractivity contribution in [3.05, 3.63) is 0 Å². The third kappa shape index (κ3) is 8.58. The minimum Gasteiger partial charge on any atom is -0.377 e. The summed E-state index contributed by atoms with van der Waals surface area (Å²) in [6.07, 6.45) is 4.79. The number of hydrogen-bond acceptors (Lipinski definition) is 3. The first-order valence-corrected chi connectivity index (χ1v) is 5.82. The van der Waals surface area contributed by atoms with Crippen LogP contribution in [0.3, 0.4) is 0 Å². The molecule has 0 N–H and O–H groups in total. The second-order valence-corrected chi connectivity index (χ2v) is 3.90. The van der Waals surface area contributed by atoms with Gasteiger partial charge < -0.3 is 9.47 Å². The highest BCUT2D eigenvalue weighted by molar-refractivity contribution is 5.80. The first-order chi connectivity index (χ1) is 7.24. The molecular formula is C12H24O3. The van der Waals surface area contributed by atoms with E-state index in [0.717, 1.165) is 6.42 Å². The molecule has 1 atom stereocenters. The lowest BCUT2D eigenvalue weighted by molar-refractivity contribution is -0.127. The standard InChI is InChI=1S/C12H24O3/c1-4-6-7-11(5-2)8-15-10-12(13)9-14-3/h11H,4-10H2,1-3H3. The Kier molecular flexibility index (Phi) is 9.84. The van der Waals surface area contributed by atoms with Crippen LogP contribution in [0.4, 0.5) is 0 Å². The van der Waals surface area contributed by atoms with Crippen molar-refractivity contribution in [3.8, 4) is 0 Å². The van der Waals surface area contributed by atoms with Crippen molar-refractivity contribution in [2.75, 3.05) is 26.9 Å². The largest absolute Gasteiger partial charge is 0.377 e.